The highest BCUT2D eigenvalue weighted by molar-refractivity contribution is 7.13. The molecule has 3 heterocycles. The van der Waals surface area contributed by atoms with Gasteiger partial charge in [-0.1, -0.05) is 35.9 Å². The van der Waals surface area contributed by atoms with Crippen LogP contribution in [-0.2, 0) is 4.79 Å². The quantitative estimate of drug-likeness (QED) is 0.454. The van der Waals surface area contributed by atoms with Crippen molar-refractivity contribution < 1.29 is 9.59 Å². The van der Waals surface area contributed by atoms with Gasteiger partial charge in [0, 0.05) is 18.8 Å². The third-order valence-corrected chi connectivity index (χ3v) is 6.31. The number of nitrogens with one attached hydrogen (secondary N) is 2. The molecule has 2 amide bonds. The first-order chi connectivity index (χ1) is 16.1. The number of halogens is 1. The van der Waals surface area contributed by atoms with Gasteiger partial charge < -0.3 is 15.5 Å². The molecular formula is C23H19ClN6O2S. The highest BCUT2D eigenvalue weighted by atomic mass is 35.5. The molecule has 8 nitrogen and oxygen atoms in total. The lowest BCUT2D eigenvalue weighted by Crippen LogP contribution is -2.47. The second-order valence-electron chi connectivity index (χ2n) is 7.38. The molecule has 5 rings (SSSR count). The number of nitrogens with zero attached hydrogens (tertiary/aromatic N) is 4. The summed E-state index contributed by atoms with van der Waals surface area (Å²) in [6.07, 6.45) is 0. The fourth-order valence-corrected chi connectivity index (χ4v) is 4.59. The number of carbonyl (C=O) groups excluding carboxylic acids is 2. The summed E-state index contributed by atoms with van der Waals surface area (Å²) in [4.78, 5) is 32.0. The van der Waals surface area contributed by atoms with E-state index in [1.807, 2.05) is 52.7 Å². The Labute approximate surface area is 198 Å². The lowest BCUT2D eigenvalue weighted by atomic mass is 10.2. The Hall–Kier alpha value is -3.69. The van der Waals surface area contributed by atoms with Crippen molar-refractivity contribution in [2.75, 3.05) is 29.9 Å². The van der Waals surface area contributed by atoms with Gasteiger partial charge in [-0.25, -0.2) is 9.67 Å². The third-order valence-electron chi connectivity index (χ3n) is 5.14. The van der Waals surface area contributed by atoms with Gasteiger partial charge in [0.2, 0.25) is 11.7 Å². The predicted octanol–water partition coefficient (Wildman–Crippen LogP) is 3.84. The largest absolute Gasteiger partial charge is 0.359 e. The lowest BCUT2D eigenvalue weighted by molar-refractivity contribution is -0.120. The maximum atomic E-state index is 13.0. The number of hydrogen-bond donors (Lipinski definition) is 2. The van der Waals surface area contributed by atoms with Crippen LogP contribution in [0, 0.1) is 0 Å². The fraction of sp³-hybridized carbons (Fsp3) is 0.130. The second kappa shape index (κ2) is 9.05. The van der Waals surface area contributed by atoms with Crippen LogP contribution in [0.3, 0.4) is 0 Å². The van der Waals surface area contributed by atoms with Gasteiger partial charge in [0.15, 0.2) is 5.82 Å². The number of piperazine rings is 1. The van der Waals surface area contributed by atoms with Crippen LogP contribution in [0.2, 0.25) is 5.02 Å². The van der Waals surface area contributed by atoms with E-state index in [-0.39, 0.29) is 18.3 Å². The van der Waals surface area contributed by atoms with Crippen LogP contribution < -0.4 is 15.5 Å². The Morgan fingerprint density at radius 3 is 2.70 bits per heavy atom. The summed E-state index contributed by atoms with van der Waals surface area (Å²) in [5, 5.41) is 12.5. The Kier molecular flexibility index (Phi) is 5.80. The number of thiophene rings is 1. The average Bonchev–Trinajstić information content (AvgIpc) is 3.50. The summed E-state index contributed by atoms with van der Waals surface area (Å²) in [6, 6.07) is 18.6. The summed E-state index contributed by atoms with van der Waals surface area (Å²) in [5.74, 6) is 0.160. The molecule has 2 N–H and O–H groups in total. The molecule has 1 aliphatic rings. The van der Waals surface area contributed by atoms with Crippen molar-refractivity contribution in [1.29, 1.82) is 0 Å². The van der Waals surface area contributed by atoms with E-state index in [1.165, 1.54) is 11.3 Å². The van der Waals surface area contributed by atoms with Crippen LogP contribution in [0.5, 0.6) is 0 Å². The van der Waals surface area contributed by atoms with Crippen molar-refractivity contribution in [3.63, 3.8) is 0 Å². The summed E-state index contributed by atoms with van der Waals surface area (Å²) in [7, 11) is 0. The highest BCUT2D eigenvalue weighted by Crippen LogP contribution is 2.30. The van der Waals surface area contributed by atoms with Crippen LogP contribution in [0.4, 0.5) is 11.4 Å². The Morgan fingerprint density at radius 1 is 1.12 bits per heavy atom. The molecule has 0 atom stereocenters. The van der Waals surface area contributed by atoms with Crippen molar-refractivity contribution >= 4 is 46.1 Å². The highest BCUT2D eigenvalue weighted by Gasteiger charge is 2.21. The molecular weight excluding hydrogens is 460 g/mol. The zero-order valence-corrected chi connectivity index (χ0v) is 18.9. The Bertz CT molecular complexity index is 1310. The molecule has 0 bridgehead atoms. The van der Waals surface area contributed by atoms with Crippen LogP contribution in [0.15, 0.2) is 66.0 Å². The number of benzene rings is 2. The van der Waals surface area contributed by atoms with Crippen molar-refractivity contribution in [2.45, 2.75) is 0 Å². The van der Waals surface area contributed by atoms with Gasteiger partial charge in [0.05, 0.1) is 27.8 Å². The third kappa shape index (κ3) is 4.46. The number of anilines is 2. The topological polar surface area (TPSA) is 92.2 Å². The van der Waals surface area contributed by atoms with Crippen molar-refractivity contribution in [3.05, 3.63) is 76.9 Å². The Balaban J connectivity index is 1.40. The zero-order valence-electron chi connectivity index (χ0n) is 17.4. The average molecular weight is 479 g/mol. The van der Waals surface area contributed by atoms with Gasteiger partial charge in [0.25, 0.3) is 5.91 Å². The number of rotatable bonds is 5. The van der Waals surface area contributed by atoms with E-state index in [9.17, 15) is 9.59 Å². The maximum absolute atomic E-state index is 13.0. The molecule has 2 aromatic heterocycles. The van der Waals surface area contributed by atoms with Gasteiger partial charge in [0.1, 0.15) is 0 Å². The molecule has 2 aromatic carbocycles. The van der Waals surface area contributed by atoms with Gasteiger partial charge in [-0.3, -0.25) is 9.59 Å². The molecule has 0 radical (unpaired) electrons. The monoisotopic (exact) mass is 478 g/mol. The first kappa shape index (κ1) is 21.2. The number of hydrogen-bond acceptors (Lipinski definition) is 6. The molecule has 0 aliphatic carbocycles. The zero-order chi connectivity index (χ0) is 22.8. The van der Waals surface area contributed by atoms with Gasteiger partial charge in [-0.15, -0.1) is 16.4 Å². The summed E-state index contributed by atoms with van der Waals surface area (Å²) in [5.41, 5.74) is 2.07. The van der Waals surface area contributed by atoms with Crippen molar-refractivity contribution in [3.8, 4) is 16.4 Å². The standard InChI is InChI=1S/C23H19ClN6O2S/c24-17-13-15(8-9-18(17)29-11-10-25-20(31)14-29)26-23(32)21-27-22(19-7-4-12-33-19)30(28-21)16-5-2-1-3-6-16/h1-9,12-13H,10-11,14H2,(H,25,31)(H,26,32). The van der Waals surface area contributed by atoms with E-state index in [4.69, 9.17) is 11.6 Å². The first-order valence-corrected chi connectivity index (χ1v) is 11.5. The molecule has 166 valence electrons. The number of carbonyl (C=O) groups is 2. The molecule has 4 aromatic rings. The molecule has 0 spiro atoms. The second-order valence-corrected chi connectivity index (χ2v) is 8.73. The number of aromatic nitrogens is 3. The number of para-hydroxylation sites is 1. The first-order valence-electron chi connectivity index (χ1n) is 10.3. The van der Waals surface area contributed by atoms with E-state index in [1.54, 1.807) is 22.9 Å². The van der Waals surface area contributed by atoms with E-state index in [0.29, 0.717) is 29.6 Å². The Morgan fingerprint density at radius 2 is 1.97 bits per heavy atom. The SMILES string of the molecule is O=C1CN(c2ccc(NC(=O)c3nc(-c4cccs4)n(-c4ccccc4)n3)cc2Cl)CCN1. The van der Waals surface area contributed by atoms with Gasteiger partial charge >= 0.3 is 0 Å². The van der Waals surface area contributed by atoms with Gasteiger partial charge in [-0.05, 0) is 41.8 Å². The van der Waals surface area contributed by atoms with Crippen molar-refractivity contribution in [1.82, 2.24) is 20.1 Å². The van der Waals surface area contributed by atoms with Crippen LogP contribution in [-0.4, -0.2) is 46.2 Å². The van der Waals surface area contributed by atoms with Crippen LogP contribution in [0.25, 0.3) is 16.4 Å². The summed E-state index contributed by atoms with van der Waals surface area (Å²) >= 11 is 7.98. The maximum Gasteiger partial charge on any atom is 0.295 e. The van der Waals surface area contributed by atoms with E-state index in [2.05, 4.69) is 20.7 Å². The molecule has 1 fully saturated rings. The summed E-state index contributed by atoms with van der Waals surface area (Å²) < 4.78 is 1.66. The normalized spacial score (nSPS) is 13.6. The lowest BCUT2D eigenvalue weighted by Gasteiger charge is -2.29. The molecule has 33 heavy (non-hydrogen) atoms. The smallest absolute Gasteiger partial charge is 0.295 e. The minimum Gasteiger partial charge on any atom is -0.359 e. The predicted molar refractivity (Wildman–Crippen MR) is 129 cm³/mol. The van der Waals surface area contributed by atoms with E-state index >= 15 is 0 Å². The minimum absolute atomic E-state index is 0.0451. The van der Waals surface area contributed by atoms with Crippen molar-refractivity contribution in [2.24, 2.45) is 0 Å². The fourth-order valence-electron chi connectivity index (χ4n) is 3.60. The molecule has 0 saturated carbocycles. The van der Waals surface area contributed by atoms with Gasteiger partial charge in [-0.2, -0.15) is 0 Å². The minimum atomic E-state index is -0.441. The van der Waals surface area contributed by atoms with E-state index < -0.39 is 5.91 Å². The number of amides is 2. The molecule has 1 aliphatic heterocycles. The van der Waals surface area contributed by atoms with E-state index in [0.717, 1.165) is 16.3 Å². The van der Waals surface area contributed by atoms with Crippen LogP contribution in [0.1, 0.15) is 10.6 Å². The van der Waals surface area contributed by atoms with Crippen LogP contribution >= 0.6 is 22.9 Å². The molecule has 10 heteroatoms. The molecule has 0 unspecified atom stereocenters. The summed E-state index contributed by atoms with van der Waals surface area (Å²) in [6.45, 7) is 1.48. The molecule has 1 saturated heterocycles.